The van der Waals surface area contributed by atoms with Gasteiger partial charge < -0.3 is 13.7 Å². The number of aryl methyl sites for hydroxylation is 1. The van der Waals surface area contributed by atoms with Crippen LogP contribution in [0, 0.1) is 0 Å². The highest BCUT2D eigenvalue weighted by molar-refractivity contribution is 7.16. The first-order valence-electron chi connectivity index (χ1n) is 10.4. The van der Waals surface area contributed by atoms with Gasteiger partial charge in [0.15, 0.2) is 4.80 Å². The summed E-state index contributed by atoms with van der Waals surface area (Å²) in [6, 6.07) is 18.8. The second-order valence-electron chi connectivity index (χ2n) is 7.23. The summed E-state index contributed by atoms with van der Waals surface area (Å²) in [5.41, 5.74) is 0.557. The van der Waals surface area contributed by atoms with Gasteiger partial charge in [0.05, 0.1) is 11.3 Å². The van der Waals surface area contributed by atoms with E-state index < -0.39 is 11.5 Å². The smallest absolute Gasteiger partial charge is 0.349 e. The lowest BCUT2D eigenvalue weighted by molar-refractivity contribution is 0.0994. The van der Waals surface area contributed by atoms with E-state index in [-0.39, 0.29) is 5.56 Å². The topological polar surface area (TPSA) is 73.8 Å². The van der Waals surface area contributed by atoms with E-state index in [1.54, 1.807) is 12.1 Å². The molecule has 5 aromatic rings. The Morgan fingerprint density at radius 2 is 1.91 bits per heavy atom. The zero-order valence-corrected chi connectivity index (χ0v) is 18.4. The number of ether oxygens (including phenoxy) is 1. The van der Waals surface area contributed by atoms with Gasteiger partial charge >= 0.3 is 5.63 Å². The molecule has 0 radical (unpaired) electrons. The molecule has 0 aliphatic heterocycles. The zero-order chi connectivity index (χ0) is 22.2. The van der Waals surface area contributed by atoms with Gasteiger partial charge in [0.1, 0.15) is 22.4 Å². The molecule has 6 nitrogen and oxygen atoms in total. The van der Waals surface area contributed by atoms with Crippen molar-refractivity contribution in [3.63, 3.8) is 0 Å². The monoisotopic (exact) mass is 444 g/mol. The van der Waals surface area contributed by atoms with E-state index in [1.165, 1.54) is 11.3 Å². The lowest BCUT2D eigenvalue weighted by Gasteiger charge is -2.07. The number of hydrogen-bond donors (Lipinski definition) is 0. The number of para-hydroxylation sites is 1. The third-order valence-electron chi connectivity index (χ3n) is 5.35. The summed E-state index contributed by atoms with van der Waals surface area (Å²) in [7, 11) is 0. The molecule has 7 heteroatoms. The minimum absolute atomic E-state index is 0.0843. The zero-order valence-electron chi connectivity index (χ0n) is 17.6. The van der Waals surface area contributed by atoms with Crippen LogP contribution in [0.15, 0.2) is 74.9 Å². The van der Waals surface area contributed by atoms with Gasteiger partial charge in [0, 0.05) is 11.9 Å². The van der Waals surface area contributed by atoms with Crippen LogP contribution in [0.2, 0.25) is 0 Å². The number of thiazole rings is 1. The predicted molar refractivity (Wildman–Crippen MR) is 127 cm³/mol. The number of nitrogens with zero attached hydrogens (tertiary/aromatic N) is 2. The fourth-order valence-corrected chi connectivity index (χ4v) is 5.03. The van der Waals surface area contributed by atoms with Gasteiger partial charge in [-0.05, 0) is 48.9 Å². The summed E-state index contributed by atoms with van der Waals surface area (Å²) in [6.07, 6.45) is 0. The Balaban J connectivity index is 1.70. The van der Waals surface area contributed by atoms with Crippen LogP contribution in [0.3, 0.4) is 0 Å². The Labute approximate surface area is 187 Å². The van der Waals surface area contributed by atoms with Gasteiger partial charge in [-0.15, -0.1) is 0 Å². The predicted octanol–water partition coefficient (Wildman–Crippen LogP) is 5.12. The normalized spacial score (nSPS) is 12.1. The quantitative estimate of drug-likeness (QED) is 0.285. The molecule has 0 saturated heterocycles. The third kappa shape index (κ3) is 3.31. The Morgan fingerprint density at radius 3 is 2.72 bits per heavy atom. The van der Waals surface area contributed by atoms with E-state index in [0.29, 0.717) is 28.9 Å². The first kappa shape index (κ1) is 20.2. The fourth-order valence-electron chi connectivity index (χ4n) is 3.92. The van der Waals surface area contributed by atoms with Crippen LogP contribution < -0.4 is 15.2 Å². The minimum Gasteiger partial charge on any atom is -0.492 e. The minimum atomic E-state index is -0.694. The average Bonchev–Trinajstić information content (AvgIpc) is 3.16. The van der Waals surface area contributed by atoms with Crippen molar-refractivity contribution in [3.05, 3.63) is 81.4 Å². The van der Waals surface area contributed by atoms with E-state index in [2.05, 4.69) is 4.99 Å². The van der Waals surface area contributed by atoms with Crippen molar-refractivity contribution < 1.29 is 13.9 Å². The Morgan fingerprint density at radius 1 is 1.06 bits per heavy atom. The molecule has 0 aliphatic rings. The molecule has 160 valence electrons. The molecule has 0 saturated carbocycles. The van der Waals surface area contributed by atoms with E-state index in [0.717, 1.165) is 26.7 Å². The number of carbonyl (C=O) groups excluding carboxylic acids is 1. The summed E-state index contributed by atoms with van der Waals surface area (Å²) in [5, 5.41) is 2.62. The molecule has 2 heterocycles. The van der Waals surface area contributed by atoms with Gasteiger partial charge in [-0.25, -0.2) is 4.79 Å². The van der Waals surface area contributed by atoms with Gasteiger partial charge in [-0.3, -0.25) is 4.79 Å². The molecule has 2 aromatic heterocycles. The lowest BCUT2D eigenvalue weighted by Crippen LogP contribution is -2.19. The number of carbonyl (C=O) groups is 1. The molecular formula is C25H20N2O4S. The SMILES string of the molecule is CCOc1cccc2sc(=NC(=O)c3cc4c(ccc5ccccc54)oc3=O)n(CC)c12. The summed E-state index contributed by atoms with van der Waals surface area (Å²) in [4.78, 5) is 30.5. The Bertz CT molecular complexity index is 1620. The van der Waals surface area contributed by atoms with E-state index >= 15 is 0 Å². The van der Waals surface area contributed by atoms with Crippen molar-refractivity contribution in [1.82, 2.24) is 4.57 Å². The maximum absolute atomic E-state index is 13.1. The first-order valence-corrected chi connectivity index (χ1v) is 11.2. The van der Waals surface area contributed by atoms with Crippen LogP contribution in [0.25, 0.3) is 32.0 Å². The number of hydrogen-bond acceptors (Lipinski definition) is 5. The Hall–Kier alpha value is -3.71. The maximum Gasteiger partial charge on any atom is 0.349 e. The number of fused-ring (bicyclic) bond motifs is 4. The molecule has 0 N–H and O–H groups in total. The molecule has 0 aliphatic carbocycles. The molecule has 5 rings (SSSR count). The molecule has 32 heavy (non-hydrogen) atoms. The summed E-state index contributed by atoms with van der Waals surface area (Å²) >= 11 is 1.39. The van der Waals surface area contributed by atoms with E-state index in [9.17, 15) is 9.59 Å². The second kappa shape index (κ2) is 8.09. The van der Waals surface area contributed by atoms with Gasteiger partial charge in [0.2, 0.25) is 0 Å². The van der Waals surface area contributed by atoms with Gasteiger partial charge in [-0.2, -0.15) is 4.99 Å². The van der Waals surface area contributed by atoms with Crippen molar-refractivity contribution in [3.8, 4) is 5.75 Å². The molecular weight excluding hydrogens is 424 g/mol. The summed E-state index contributed by atoms with van der Waals surface area (Å²) < 4.78 is 14.1. The van der Waals surface area contributed by atoms with E-state index in [4.69, 9.17) is 9.15 Å². The second-order valence-corrected chi connectivity index (χ2v) is 8.24. The van der Waals surface area contributed by atoms with Gasteiger partial charge in [-0.1, -0.05) is 47.7 Å². The van der Waals surface area contributed by atoms with Crippen molar-refractivity contribution in [2.75, 3.05) is 6.61 Å². The highest BCUT2D eigenvalue weighted by atomic mass is 32.1. The van der Waals surface area contributed by atoms with Crippen LogP contribution in [0.5, 0.6) is 5.75 Å². The summed E-state index contributed by atoms with van der Waals surface area (Å²) in [6.45, 7) is 5.05. The van der Waals surface area contributed by atoms with Crippen LogP contribution in [-0.2, 0) is 6.54 Å². The highest BCUT2D eigenvalue weighted by Crippen LogP contribution is 2.28. The molecule has 0 unspecified atom stereocenters. The van der Waals surface area contributed by atoms with Crippen molar-refractivity contribution in [1.29, 1.82) is 0 Å². The lowest BCUT2D eigenvalue weighted by atomic mass is 10.0. The fraction of sp³-hybridized carbons (Fsp3) is 0.160. The van der Waals surface area contributed by atoms with Crippen molar-refractivity contribution in [2.45, 2.75) is 20.4 Å². The standard InChI is InChI=1S/C25H20N2O4S/c1-3-27-22-20(30-4-2)10-7-11-21(22)32-25(27)26-23(28)18-14-17-16-9-6-5-8-15(16)12-13-19(17)31-24(18)29/h5-14H,3-4H2,1-2H3. The van der Waals surface area contributed by atoms with E-state index in [1.807, 2.05) is 66.9 Å². The summed E-state index contributed by atoms with van der Waals surface area (Å²) in [5.74, 6) is 0.119. The molecule has 1 amide bonds. The largest absolute Gasteiger partial charge is 0.492 e. The van der Waals surface area contributed by atoms with Crippen LogP contribution in [-0.4, -0.2) is 17.1 Å². The Kier molecular flexibility index (Phi) is 5.11. The average molecular weight is 445 g/mol. The molecule has 3 aromatic carbocycles. The van der Waals surface area contributed by atoms with Crippen LogP contribution >= 0.6 is 11.3 Å². The number of benzene rings is 3. The first-order chi connectivity index (χ1) is 15.6. The number of aromatic nitrogens is 1. The van der Waals surface area contributed by atoms with Crippen LogP contribution in [0.1, 0.15) is 24.2 Å². The molecule has 0 spiro atoms. The third-order valence-corrected chi connectivity index (χ3v) is 6.39. The molecule has 0 bridgehead atoms. The maximum atomic E-state index is 13.1. The number of amides is 1. The molecule has 0 fully saturated rings. The van der Waals surface area contributed by atoms with Crippen molar-refractivity contribution >= 4 is 49.2 Å². The molecule has 0 atom stereocenters. The van der Waals surface area contributed by atoms with Gasteiger partial charge in [0.25, 0.3) is 5.91 Å². The van der Waals surface area contributed by atoms with Crippen molar-refractivity contribution in [2.24, 2.45) is 4.99 Å². The highest BCUT2D eigenvalue weighted by Gasteiger charge is 2.16. The number of rotatable bonds is 4. The van der Waals surface area contributed by atoms with Crippen LogP contribution in [0.4, 0.5) is 0 Å².